The zero-order chi connectivity index (χ0) is 19.4. The van der Waals surface area contributed by atoms with Gasteiger partial charge in [0.25, 0.3) is 0 Å². The van der Waals surface area contributed by atoms with E-state index in [1.54, 1.807) is 12.3 Å². The van der Waals surface area contributed by atoms with Gasteiger partial charge in [-0.05, 0) is 36.1 Å². The van der Waals surface area contributed by atoms with Gasteiger partial charge in [-0.3, -0.25) is 4.79 Å². The van der Waals surface area contributed by atoms with Crippen LogP contribution in [0.25, 0.3) is 11.3 Å². The lowest BCUT2D eigenvalue weighted by Crippen LogP contribution is -2.12. The quantitative estimate of drug-likeness (QED) is 0.569. The van der Waals surface area contributed by atoms with Gasteiger partial charge in [0.1, 0.15) is 0 Å². The van der Waals surface area contributed by atoms with Gasteiger partial charge in [0, 0.05) is 29.1 Å². The van der Waals surface area contributed by atoms with E-state index in [9.17, 15) is 4.79 Å². The highest BCUT2D eigenvalue weighted by molar-refractivity contribution is 6.31. The summed E-state index contributed by atoms with van der Waals surface area (Å²) in [6.45, 7) is 6.25. The minimum absolute atomic E-state index is 0.101. The van der Waals surface area contributed by atoms with Crippen molar-refractivity contribution in [2.45, 2.75) is 39.5 Å². The molecule has 0 radical (unpaired) electrons. The van der Waals surface area contributed by atoms with Crippen LogP contribution in [0.4, 0.5) is 5.69 Å². The van der Waals surface area contributed by atoms with Crippen molar-refractivity contribution in [1.29, 1.82) is 0 Å². The van der Waals surface area contributed by atoms with E-state index < -0.39 is 0 Å². The molecule has 0 aliphatic heterocycles. The van der Waals surface area contributed by atoms with Crippen LogP contribution in [0.15, 0.2) is 53.1 Å². The molecular weight excluding hydrogens is 360 g/mol. The van der Waals surface area contributed by atoms with Crippen molar-refractivity contribution >= 4 is 23.2 Å². The second kappa shape index (κ2) is 8.40. The number of aromatic nitrogens is 1. The summed E-state index contributed by atoms with van der Waals surface area (Å²) in [5.41, 5.74) is 3.93. The number of halogens is 1. The van der Waals surface area contributed by atoms with Gasteiger partial charge in [-0.2, -0.15) is 0 Å². The summed E-state index contributed by atoms with van der Waals surface area (Å²) in [7, 11) is 0. The van der Waals surface area contributed by atoms with Crippen LogP contribution in [0.5, 0.6) is 0 Å². The van der Waals surface area contributed by atoms with Gasteiger partial charge in [0.05, 0.1) is 6.20 Å². The van der Waals surface area contributed by atoms with E-state index in [0.717, 1.165) is 11.1 Å². The number of rotatable bonds is 6. The molecule has 1 aromatic heterocycles. The molecule has 5 heteroatoms. The maximum absolute atomic E-state index is 12.1. The number of benzene rings is 2. The van der Waals surface area contributed by atoms with E-state index in [-0.39, 0.29) is 12.3 Å². The maximum atomic E-state index is 12.1. The molecule has 0 bridgehead atoms. The van der Waals surface area contributed by atoms with Gasteiger partial charge in [-0.1, -0.05) is 55.8 Å². The second-order valence-electron chi connectivity index (χ2n) is 6.91. The number of oxazole rings is 1. The number of carbonyl (C=O) groups excluding carboxylic acids is 1. The van der Waals surface area contributed by atoms with Crippen molar-refractivity contribution in [1.82, 2.24) is 4.98 Å². The van der Waals surface area contributed by atoms with Gasteiger partial charge >= 0.3 is 0 Å². The average Bonchev–Trinajstić information content (AvgIpc) is 3.12. The molecule has 0 spiro atoms. The molecule has 3 rings (SSSR count). The third kappa shape index (κ3) is 4.98. The first-order chi connectivity index (χ1) is 12.9. The van der Waals surface area contributed by atoms with Crippen LogP contribution in [0.3, 0.4) is 0 Å². The highest BCUT2D eigenvalue weighted by atomic mass is 35.5. The molecule has 0 unspecified atom stereocenters. The van der Waals surface area contributed by atoms with Gasteiger partial charge in [0.2, 0.25) is 5.91 Å². The highest BCUT2D eigenvalue weighted by Gasteiger charge is 2.10. The molecule has 4 nitrogen and oxygen atoms in total. The normalized spacial score (nSPS) is 11.0. The second-order valence-corrected chi connectivity index (χ2v) is 7.31. The van der Waals surface area contributed by atoms with Crippen LogP contribution in [0, 0.1) is 6.92 Å². The summed E-state index contributed by atoms with van der Waals surface area (Å²) < 4.78 is 5.79. The van der Waals surface area contributed by atoms with Gasteiger partial charge < -0.3 is 9.73 Å². The Labute approximate surface area is 164 Å². The summed E-state index contributed by atoms with van der Waals surface area (Å²) >= 11 is 6.08. The summed E-state index contributed by atoms with van der Waals surface area (Å²) in [4.78, 5) is 16.4. The van der Waals surface area contributed by atoms with Crippen LogP contribution >= 0.6 is 11.6 Å². The van der Waals surface area contributed by atoms with Crippen LogP contribution in [0.1, 0.15) is 43.2 Å². The van der Waals surface area contributed by atoms with Crippen LogP contribution in [0.2, 0.25) is 5.02 Å². The van der Waals surface area contributed by atoms with E-state index in [4.69, 9.17) is 16.0 Å². The number of carbonyl (C=O) groups is 1. The van der Waals surface area contributed by atoms with Gasteiger partial charge in [-0.25, -0.2) is 4.98 Å². The number of nitrogens with one attached hydrogen (secondary N) is 1. The van der Waals surface area contributed by atoms with Crippen molar-refractivity contribution in [3.05, 3.63) is 70.7 Å². The fourth-order valence-electron chi connectivity index (χ4n) is 2.71. The molecule has 0 aliphatic rings. The Bertz CT molecular complexity index is 930. The van der Waals surface area contributed by atoms with Crippen LogP contribution in [-0.4, -0.2) is 10.9 Å². The summed E-state index contributed by atoms with van der Waals surface area (Å²) in [5.74, 6) is 1.66. The standard InChI is InChI=1S/C22H23ClN2O2/c1-14(2)16-5-7-17(8-6-16)20-13-24-22(27-20)11-10-21(26)25-18-9-4-15(3)19(23)12-18/h4-9,12-14H,10-11H2,1-3H3,(H,25,26). The van der Waals surface area contributed by atoms with Crippen molar-refractivity contribution in [2.24, 2.45) is 0 Å². The van der Waals surface area contributed by atoms with Crippen LogP contribution in [-0.2, 0) is 11.2 Å². The van der Waals surface area contributed by atoms with E-state index in [1.807, 2.05) is 31.2 Å². The van der Waals surface area contributed by atoms with E-state index >= 15 is 0 Å². The lowest BCUT2D eigenvalue weighted by Gasteiger charge is -2.06. The summed E-state index contributed by atoms with van der Waals surface area (Å²) in [6.07, 6.45) is 2.44. The average molecular weight is 383 g/mol. The van der Waals surface area contributed by atoms with E-state index in [1.165, 1.54) is 5.56 Å². The zero-order valence-electron chi connectivity index (χ0n) is 15.8. The maximum Gasteiger partial charge on any atom is 0.224 e. The Hall–Kier alpha value is -2.59. The number of anilines is 1. The number of nitrogens with zero attached hydrogens (tertiary/aromatic N) is 1. The Kier molecular flexibility index (Phi) is 5.97. The Morgan fingerprint density at radius 1 is 1.19 bits per heavy atom. The number of amides is 1. The molecule has 1 heterocycles. The number of hydrogen-bond acceptors (Lipinski definition) is 3. The molecule has 0 aliphatic carbocycles. The molecule has 1 amide bonds. The van der Waals surface area contributed by atoms with Crippen molar-refractivity contribution in [3.63, 3.8) is 0 Å². The fourth-order valence-corrected chi connectivity index (χ4v) is 2.89. The predicted molar refractivity (Wildman–Crippen MR) is 109 cm³/mol. The molecule has 0 saturated heterocycles. The van der Waals surface area contributed by atoms with E-state index in [0.29, 0.717) is 34.7 Å². The molecule has 0 saturated carbocycles. The van der Waals surface area contributed by atoms with Crippen LogP contribution < -0.4 is 5.32 Å². The van der Waals surface area contributed by atoms with Crippen molar-refractivity contribution < 1.29 is 9.21 Å². The first-order valence-corrected chi connectivity index (χ1v) is 9.41. The molecule has 0 fully saturated rings. The first-order valence-electron chi connectivity index (χ1n) is 9.03. The smallest absolute Gasteiger partial charge is 0.224 e. The van der Waals surface area contributed by atoms with Gasteiger partial charge in [0.15, 0.2) is 11.7 Å². The predicted octanol–water partition coefficient (Wildman–Crippen LogP) is 6.00. The Morgan fingerprint density at radius 3 is 2.59 bits per heavy atom. The third-order valence-electron chi connectivity index (χ3n) is 4.44. The van der Waals surface area contributed by atoms with Gasteiger partial charge in [-0.15, -0.1) is 0 Å². The SMILES string of the molecule is Cc1ccc(NC(=O)CCc2ncc(-c3ccc(C(C)C)cc3)o2)cc1Cl. The minimum Gasteiger partial charge on any atom is -0.441 e. The highest BCUT2D eigenvalue weighted by Crippen LogP contribution is 2.24. The molecule has 1 N–H and O–H groups in total. The molecular formula is C22H23ClN2O2. The summed E-state index contributed by atoms with van der Waals surface area (Å²) in [5, 5.41) is 3.48. The first kappa shape index (κ1) is 19.2. The van der Waals surface area contributed by atoms with Crippen molar-refractivity contribution in [3.8, 4) is 11.3 Å². The third-order valence-corrected chi connectivity index (χ3v) is 4.84. The molecule has 3 aromatic rings. The lowest BCUT2D eigenvalue weighted by molar-refractivity contribution is -0.116. The monoisotopic (exact) mass is 382 g/mol. The number of aryl methyl sites for hydroxylation is 2. The molecule has 0 atom stereocenters. The molecule has 140 valence electrons. The number of hydrogen-bond donors (Lipinski definition) is 1. The Balaban J connectivity index is 1.57. The molecule has 2 aromatic carbocycles. The van der Waals surface area contributed by atoms with E-state index in [2.05, 4.69) is 36.3 Å². The fraction of sp³-hybridized carbons (Fsp3) is 0.273. The van der Waals surface area contributed by atoms with Crippen molar-refractivity contribution in [2.75, 3.05) is 5.32 Å². The summed E-state index contributed by atoms with van der Waals surface area (Å²) in [6, 6.07) is 13.7. The largest absolute Gasteiger partial charge is 0.441 e. The lowest BCUT2D eigenvalue weighted by atomic mass is 10.0. The Morgan fingerprint density at radius 2 is 1.93 bits per heavy atom. The zero-order valence-corrected chi connectivity index (χ0v) is 16.5. The molecule has 27 heavy (non-hydrogen) atoms. The minimum atomic E-state index is -0.101. The topological polar surface area (TPSA) is 55.1 Å².